The summed E-state index contributed by atoms with van der Waals surface area (Å²) in [4.78, 5) is 16.5. The molecule has 1 aromatic carbocycles. The van der Waals surface area contributed by atoms with E-state index < -0.39 is 17.7 Å². The Morgan fingerprint density at radius 3 is 2.44 bits per heavy atom. The minimum atomic E-state index is -0.669. The molecule has 6 nitrogen and oxygen atoms in total. The molecule has 1 amide bonds. The summed E-state index contributed by atoms with van der Waals surface area (Å²) in [6.07, 6.45) is 7.84. The van der Waals surface area contributed by atoms with Crippen molar-refractivity contribution in [3.8, 4) is 0 Å². The lowest BCUT2D eigenvalue weighted by Crippen LogP contribution is -2.45. The van der Waals surface area contributed by atoms with Crippen molar-refractivity contribution >= 4 is 12.0 Å². The molecule has 2 saturated heterocycles. The molecule has 2 fully saturated rings. The van der Waals surface area contributed by atoms with Gasteiger partial charge < -0.3 is 14.9 Å². The fraction of sp³-hybridized carbons (Fsp3) is 0.500. The first-order valence-corrected chi connectivity index (χ1v) is 11.3. The van der Waals surface area contributed by atoms with Crippen LogP contribution in [-0.4, -0.2) is 69.8 Å². The van der Waals surface area contributed by atoms with Crippen LogP contribution in [0.5, 0.6) is 0 Å². The molecule has 2 N–H and O–H groups in total. The summed E-state index contributed by atoms with van der Waals surface area (Å²) in [6, 6.07) is 5.21. The van der Waals surface area contributed by atoms with E-state index in [2.05, 4.69) is 15.1 Å². The van der Waals surface area contributed by atoms with Gasteiger partial charge in [-0.3, -0.25) is 9.89 Å². The van der Waals surface area contributed by atoms with Crippen LogP contribution in [0.4, 0.5) is 8.78 Å². The molecule has 4 rings (SSSR count). The van der Waals surface area contributed by atoms with Crippen LogP contribution in [0.15, 0.2) is 36.5 Å². The fourth-order valence-electron chi connectivity index (χ4n) is 4.77. The second-order valence-corrected chi connectivity index (χ2v) is 8.84. The van der Waals surface area contributed by atoms with E-state index in [4.69, 9.17) is 0 Å². The lowest BCUT2D eigenvalue weighted by atomic mass is 9.89. The Labute approximate surface area is 186 Å². The third-order valence-corrected chi connectivity index (χ3v) is 6.67. The van der Waals surface area contributed by atoms with Gasteiger partial charge in [-0.2, -0.15) is 5.10 Å². The molecule has 1 aromatic heterocycles. The number of likely N-dealkylation sites (tertiary alicyclic amines) is 2. The number of aliphatic hydroxyl groups excluding tert-OH is 1. The average Bonchev–Trinajstić information content (AvgIpc) is 3.32. The van der Waals surface area contributed by atoms with Crippen LogP contribution in [0, 0.1) is 17.6 Å². The number of aliphatic hydroxyl groups is 1. The maximum absolute atomic E-state index is 13.3. The Hall–Kier alpha value is -2.58. The number of carbonyl (C=O) groups is 1. The van der Waals surface area contributed by atoms with Crippen molar-refractivity contribution < 1.29 is 18.7 Å². The number of halogens is 2. The maximum atomic E-state index is 13.3. The quantitative estimate of drug-likeness (QED) is 0.672. The summed E-state index contributed by atoms with van der Waals surface area (Å²) >= 11 is 0. The molecule has 0 bridgehead atoms. The van der Waals surface area contributed by atoms with Crippen molar-refractivity contribution in [2.45, 2.75) is 37.7 Å². The summed E-state index contributed by atoms with van der Waals surface area (Å²) in [5, 5.41) is 17.9. The SMILES string of the molecule is O=C(/C=C/c1cc(F)cc(F)c1)N1CCC(C(O)CN2CCC(c3cc[nH]n3)CC2)CC1. The Balaban J connectivity index is 1.20. The zero-order chi connectivity index (χ0) is 22.5. The number of aromatic amines is 1. The maximum Gasteiger partial charge on any atom is 0.246 e. The van der Waals surface area contributed by atoms with Crippen molar-refractivity contribution in [2.24, 2.45) is 5.92 Å². The molecule has 172 valence electrons. The van der Waals surface area contributed by atoms with Crippen molar-refractivity contribution in [3.63, 3.8) is 0 Å². The molecule has 1 unspecified atom stereocenters. The number of amides is 1. The van der Waals surface area contributed by atoms with Gasteiger partial charge in [-0.1, -0.05) is 0 Å². The number of hydrogen-bond donors (Lipinski definition) is 2. The van der Waals surface area contributed by atoms with Gasteiger partial charge in [-0.05, 0) is 74.5 Å². The molecule has 2 aliphatic heterocycles. The highest BCUT2D eigenvalue weighted by Crippen LogP contribution is 2.28. The van der Waals surface area contributed by atoms with Gasteiger partial charge in [-0.15, -0.1) is 0 Å². The van der Waals surface area contributed by atoms with Crippen molar-refractivity contribution in [2.75, 3.05) is 32.7 Å². The lowest BCUT2D eigenvalue weighted by molar-refractivity contribution is -0.128. The molecule has 3 heterocycles. The minimum Gasteiger partial charge on any atom is -0.392 e. The molecule has 0 radical (unpaired) electrons. The van der Waals surface area contributed by atoms with Crippen LogP contribution in [-0.2, 0) is 4.79 Å². The highest BCUT2D eigenvalue weighted by molar-refractivity contribution is 5.91. The minimum absolute atomic E-state index is 0.171. The van der Waals surface area contributed by atoms with Gasteiger partial charge in [0, 0.05) is 43.9 Å². The van der Waals surface area contributed by atoms with Crippen molar-refractivity contribution in [1.82, 2.24) is 20.0 Å². The van der Waals surface area contributed by atoms with Gasteiger partial charge in [0.2, 0.25) is 5.91 Å². The molecule has 0 aliphatic carbocycles. The number of nitrogens with one attached hydrogen (secondary N) is 1. The Bertz CT molecular complexity index is 898. The summed E-state index contributed by atoms with van der Waals surface area (Å²) in [5.74, 6) is -0.859. The highest BCUT2D eigenvalue weighted by Gasteiger charge is 2.29. The predicted octanol–water partition coefficient (Wildman–Crippen LogP) is 3.18. The Kier molecular flexibility index (Phi) is 7.32. The number of rotatable bonds is 6. The normalized spacial score (nSPS) is 20.2. The van der Waals surface area contributed by atoms with E-state index in [-0.39, 0.29) is 11.8 Å². The molecule has 0 spiro atoms. The molecule has 2 aliphatic rings. The predicted molar refractivity (Wildman–Crippen MR) is 118 cm³/mol. The Morgan fingerprint density at radius 1 is 1.12 bits per heavy atom. The second-order valence-electron chi connectivity index (χ2n) is 8.84. The van der Waals surface area contributed by atoms with Gasteiger partial charge in [0.25, 0.3) is 0 Å². The molecular formula is C24H30F2N4O2. The van der Waals surface area contributed by atoms with Gasteiger partial charge in [0.05, 0.1) is 11.8 Å². The topological polar surface area (TPSA) is 72.5 Å². The van der Waals surface area contributed by atoms with Crippen molar-refractivity contribution in [3.05, 3.63) is 59.4 Å². The van der Waals surface area contributed by atoms with E-state index in [0.717, 1.165) is 50.5 Å². The van der Waals surface area contributed by atoms with Crippen LogP contribution < -0.4 is 0 Å². The van der Waals surface area contributed by atoms with Gasteiger partial charge in [0.15, 0.2) is 0 Å². The Morgan fingerprint density at radius 2 is 1.81 bits per heavy atom. The molecule has 0 saturated carbocycles. The first-order chi connectivity index (χ1) is 15.5. The second kappa shape index (κ2) is 10.4. The third kappa shape index (κ3) is 5.81. The van der Waals surface area contributed by atoms with Gasteiger partial charge in [0.1, 0.15) is 11.6 Å². The fourth-order valence-corrected chi connectivity index (χ4v) is 4.77. The van der Waals surface area contributed by atoms with Crippen LogP contribution in [0.1, 0.15) is 42.9 Å². The highest BCUT2D eigenvalue weighted by atomic mass is 19.1. The molecule has 2 aromatic rings. The average molecular weight is 445 g/mol. The summed E-state index contributed by atoms with van der Waals surface area (Å²) < 4.78 is 26.6. The van der Waals surface area contributed by atoms with E-state index in [1.807, 2.05) is 12.3 Å². The number of β-amino-alcohol motifs (C(OH)–C–C–N with tert-alkyl or cyclic N) is 1. The van der Waals surface area contributed by atoms with Crippen LogP contribution in [0.25, 0.3) is 6.08 Å². The molecule has 32 heavy (non-hydrogen) atoms. The van der Waals surface area contributed by atoms with Crippen LogP contribution >= 0.6 is 0 Å². The van der Waals surface area contributed by atoms with E-state index in [9.17, 15) is 18.7 Å². The number of benzene rings is 1. The molecule has 8 heteroatoms. The summed E-state index contributed by atoms with van der Waals surface area (Å²) in [5.41, 5.74) is 1.44. The number of H-pyrrole nitrogens is 1. The first kappa shape index (κ1) is 22.6. The summed E-state index contributed by atoms with van der Waals surface area (Å²) in [6.45, 7) is 3.72. The van der Waals surface area contributed by atoms with E-state index in [0.29, 0.717) is 31.1 Å². The monoisotopic (exact) mass is 444 g/mol. The van der Waals surface area contributed by atoms with Crippen LogP contribution in [0.2, 0.25) is 0 Å². The number of piperidine rings is 2. The number of aromatic nitrogens is 2. The number of carbonyl (C=O) groups excluding carboxylic acids is 1. The number of nitrogens with zero attached hydrogens (tertiary/aromatic N) is 3. The van der Waals surface area contributed by atoms with E-state index >= 15 is 0 Å². The first-order valence-electron chi connectivity index (χ1n) is 11.3. The zero-order valence-electron chi connectivity index (χ0n) is 18.1. The molecule has 1 atom stereocenters. The van der Waals surface area contributed by atoms with Crippen molar-refractivity contribution in [1.29, 1.82) is 0 Å². The van der Waals surface area contributed by atoms with Crippen LogP contribution in [0.3, 0.4) is 0 Å². The molecular weight excluding hydrogens is 414 g/mol. The van der Waals surface area contributed by atoms with E-state index in [1.165, 1.54) is 24.3 Å². The largest absolute Gasteiger partial charge is 0.392 e. The summed E-state index contributed by atoms with van der Waals surface area (Å²) in [7, 11) is 0. The lowest BCUT2D eigenvalue weighted by Gasteiger charge is -2.37. The standard InChI is InChI=1S/C24H30F2N4O2/c25-20-13-17(14-21(26)15-20)1-2-24(32)30-11-6-19(7-12-30)23(31)16-29-9-4-18(5-10-29)22-3-8-27-28-22/h1-3,8,13-15,18-19,23,31H,4-7,9-12,16H2,(H,27,28)/b2-1+. The van der Waals surface area contributed by atoms with E-state index in [1.54, 1.807) is 4.90 Å². The number of hydrogen-bond acceptors (Lipinski definition) is 4. The third-order valence-electron chi connectivity index (χ3n) is 6.67. The van der Waals surface area contributed by atoms with Gasteiger partial charge >= 0.3 is 0 Å². The van der Waals surface area contributed by atoms with Gasteiger partial charge in [-0.25, -0.2) is 8.78 Å². The smallest absolute Gasteiger partial charge is 0.246 e. The zero-order valence-corrected chi connectivity index (χ0v) is 18.1.